The molecule has 0 unspecified atom stereocenters. The highest BCUT2D eigenvalue weighted by atomic mass is 79.9. The van der Waals surface area contributed by atoms with Crippen LogP contribution in [0.15, 0.2) is 28.1 Å². The Balaban J connectivity index is 2.70. The van der Waals surface area contributed by atoms with Crippen LogP contribution in [0.1, 0.15) is 25.3 Å². The summed E-state index contributed by atoms with van der Waals surface area (Å²) in [6.45, 7) is 3.42. The highest BCUT2D eigenvalue weighted by Gasteiger charge is 2.44. The second-order valence-corrected chi connectivity index (χ2v) is 6.53. The van der Waals surface area contributed by atoms with Gasteiger partial charge in [-0.25, -0.2) is 4.79 Å². The van der Waals surface area contributed by atoms with E-state index in [2.05, 4.69) is 15.9 Å². The number of nitriles is 1. The summed E-state index contributed by atoms with van der Waals surface area (Å²) in [5.74, 6) is -3.90. The molecule has 0 radical (unpaired) electrons. The van der Waals surface area contributed by atoms with E-state index in [0.29, 0.717) is 15.1 Å². The first kappa shape index (κ1) is 20.1. The van der Waals surface area contributed by atoms with Crippen molar-refractivity contribution < 1.29 is 23.8 Å². The summed E-state index contributed by atoms with van der Waals surface area (Å²) in [5, 5.41) is 9.93. The molecule has 1 aromatic rings. The lowest BCUT2D eigenvalue weighted by Gasteiger charge is -2.30. The average Bonchev–Trinajstić information content (AvgIpc) is 2.56. The maximum absolute atomic E-state index is 12.5. The molecule has 0 saturated carbocycles. The minimum atomic E-state index is -1.33. The van der Waals surface area contributed by atoms with Crippen molar-refractivity contribution >= 4 is 39.5 Å². The number of benzene rings is 1. The fraction of sp³-hybridized carbons (Fsp3) is 0.353. The van der Waals surface area contributed by atoms with Gasteiger partial charge < -0.3 is 19.9 Å². The maximum Gasteiger partial charge on any atom is 0.340 e. The van der Waals surface area contributed by atoms with Gasteiger partial charge in [-0.1, -0.05) is 11.6 Å². The quantitative estimate of drug-likeness (QED) is 0.696. The van der Waals surface area contributed by atoms with E-state index in [1.54, 1.807) is 19.9 Å². The van der Waals surface area contributed by atoms with Crippen molar-refractivity contribution in [1.29, 1.82) is 5.26 Å². The summed E-state index contributed by atoms with van der Waals surface area (Å²) in [5.41, 5.74) is 6.17. The molecule has 1 aliphatic heterocycles. The molecule has 2 atom stereocenters. The Kier molecular flexibility index (Phi) is 6.51. The summed E-state index contributed by atoms with van der Waals surface area (Å²) < 4.78 is 16.0. The Hall–Kier alpha value is -2.24. The molecule has 0 aliphatic carbocycles. The highest BCUT2D eigenvalue weighted by Crippen LogP contribution is 2.47. The van der Waals surface area contributed by atoms with E-state index in [9.17, 15) is 14.9 Å². The Labute approximate surface area is 163 Å². The van der Waals surface area contributed by atoms with Gasteiger partial charge in [0.15, 0.2) is 5.92 Å². The number of esters is 2. The molecular weight excluding hydrogens is 428 g/mol. The summed E-state index contributed by atoms with van der Waals surface area (Å²) in [7, 11) is 0. The van der Waals surface area contributed by atoms with Crippen molar-refractivity contribution in [3.63, 3.8) is 0 Å². The first-order valence-electron chi connectivity index (χ1n) is 7.75. The fourth-order valence-electron chi connectivity index (χ4n) is 2.67. The van der Waals surface area contributed by atoms with Crippen LogP contribution in [0.2, 0.25) is 5.02 Å². The molecule has 1 heterocycles. The smallest absolute Gasteiger partial charge is 0.340 e. The highest BCUT2D eigenvalue weighted by molar-refractivity contribution is 9.10. The zero-order valence-electron chi connectivity index (χ0n) is 14.0. The van der Waals surface area contributed by atoms with Gasteiger partial charge in [-0.3, -0.25) is 4.79 Å². The summed E-state index contributed by atoms with van der Waals surface area (Å²) in [4.78, 5) is 24.8. The molecule has 2 N–H and O–H groups in total. The standard InChI is InChI=1S/C17H16BrClN2O5/c1-3-24-16(22)10(7-20)12-9-5-8(19)6-11(18)14(9)26-15(21)13(12)17(23)25-4-2/h5-6,10,12H,3-4,21H2,1-2H3/t10-,12-/m0/s1. The Morgan fingerprint density at radius 2 is 2.04 bits per heavy atom. The summed E-state index contributed by atoms with van der Waals surface area (Å²) in [6, 6.07) is 4.99. The molecule has 0 spiro atoms. The van der Waals surface area contributed by atoms with Crippen LogP contribution in [0.4, 0.5) is 0 Å². The molecule has 0 bridgehead atoms. The zero-order chi connectivity index (χ0) is 19.4. The van der Waals surface area contributed by atoms with Gasteiger partial charge in [-0.15, -0.1) is 0 Å². The van der Waals surface area contributed by atoms with E-state index >= 15 is 0 Å². The molecule has 0 amide bonds. The monoisotopic (exact) mass is 442 g/mol. The lowest BCUT2D eigenvalue weighted by Crippen LogP contribution is -2.34. The number of halogens is 2. The van der Waals surface area contributed by atoms with Crippen molar-refractivity contribution in [2.24, 2.45) is 11.7 Å². The van der Waals surface area contributed by atoms with Crippen molar-refractivity contribution in [1.82, 2.24) is 0 Å². The Bertz CT molecular complexity index is 818. The largest absolute Gasteiger partial charge is 0.465 e. The maximum atomic E-state index is 12.5. The Morgan fingerprint density at radius 1 is 1.38 bits per heavy atom. The van der Waals surface area contributed by atoms with E-state index < -0.39 is 23.8 Å². The molecular formula is C17H16BrClN2O5. The normalized spacial score (nSPS) is 16.8. The van der Waals surface area contributed by atoms with Crippen LogP contribution in [-0.4, -0.2) is 25.2 Å². The molecule has 1 aliphatic rings. The second kappa shape index (κ2) is 8.43. The predicted molar refractivity (Wildman–Crippen MR) is 96.1 cm³/mol. The van der Waals surface area contributed by atoms with Crippen LogP contribution in [-0.2, 0) is 19.1 Å². The SMILES string of the molecule is CCOC(=O)C1=C(N)Oc2c(Br)cc(Cl)cc2[C@H]1[C@H](C#N)C(=O)OCC. The molecule has 0 saturated heterocycles. The molecule has 0 aromatic heterocycles. The second-order valence-electron chi connectivity index (χ2n) is 5.24. The Morgan fingerprint density at radius 3 is 2.62 bits per heavy atom. The molecule has 138 valence electrons. The first-order chi connectivity index (χ1) is 12.3. The fourth-order valence-corrected chi connectivity index (χ4v) is 3.59. The molecule has 1 aromatic carbocycles. The van der Waals surface area contributed by atoms with E-state index in [-0.39, 0.29) is 30.4 Å². The first-order valence-corrected chi connectivity index (χ1v) is 8.92. The van der Waals surface area contributed by atoms with Crippen molar-refractivity contribution in [3.05, 3.63) is 38.6 Å². The summed E-state index contributed by atoms with van der Waals surface area (Å²) in [6.07, 6.45) is 0. The number of carbonyl (C=O) groups excluding carboxylic acids is 2. The minimum Gasteiger partial charge on any atom is -0.465 e. The third kappa shape index (κ3) is 3.79. The molecule has 9 heteroatoms. The average molecular weight is 444 g/mol. The lowest BCUT2D eigenvalue weighted by molar-refractivity contribution is -0.146. The van der Waals surface area contributed by atoms with Gasteiger partial charge in [-0.05, 0) is 41.9 Å². The van der Waals surface area contributed by atoms with Crippen LogP contribution in [0, 0.1) is 17.2 Å². The van der Waals surface area contributed by atoms with Gasteiger partial charge >= 0.3 is 11.9 Å². The van der Waals surface area contributed by atoms with Gasteiger partial charge in [0.2, 0.25) is 5.88 Å². The van der Waals surface area contributed by atoms with Crippen LogP contribution in [0.25, 0.3) is 0 Å². The zero-order valence-corrected chi connectivity index (χ0v) is 16.4. The van der Waals surface area contributed by atoms with Crippen molar-refractivity contribution in [2.75, 3.05) is 13.2 Å². The third-order valence-corrected chi connectivity index (χ3v) is 4.48. The lowest BCUT2D eigenvalue weighted by atomic mass is 9.79. The van der Waals surface area contributed by atoms with Crippen LogP contribution in [0.5, 0.6) is 5.75 Å². The van der Waals surface area contributed by atoms with Crippen LogP contribution >= 0.6 is 27.5 Å². The van der Waals surface area contributed by atoms with Crippen molar-refractivity contribution in [3.8, 4) is 11.8 Å². The molecule has 0 fully saturated rings. The number of nitrogens with two attached hydrogens (primary N) is 1. The molecule has 26 heavy (non-hydrogen) atoms. The van der Waals surface area contributed by atoms with Crippen molar-refractivity contribution in [2.45, 2.75) is 19.8 Å². The van der Waals surface area contributed by atoms with Gasteiger partial charge in [0, 0.05) is 10.6 Å². The number of fused-ring (bicyclic) bond motifs is 1. The minimum absolute atomic E-state index is 0.0836. The third-order valence-electron chi connectivity index (χ3n) is 3.67. The number of carbonyl (C=O) groups is 2. The number of hydrogen-bond acceptors (Lipinski definition) is 7. The topological polar surface area (TPSA) is 112 Å². The van der Waals surface area contributed by atoms with Gasteiger partial charge in [-0.2, -0.15) is 5.26 Å². The van der Waals surface area contributed by atoms with E-state index in [1.807, 2.05) is 6.07 Å². The number of rotatable bonds is 5. The molecule has 7 nitrogen and oxygen atoms in total. The van der Waals surface area contributed by atoms with Crippen LogP contribution < -0.4 is 10.5 Å². The number of nitrogens with zero attached hydrogens (tertiary/aromatic N) is 1. The van der Waals surface area contributed by atoms with Gasteiger partial charge in [0.25, 0.3) is 0 Å². The van der Waals surface area contributed by atoms with E-state index in [4.69, 9.17) is 31.5 Å². The van der Waals surface area contributed by atoms with Gasteiger partial charge in [0.05, 0.1) is 29.7 Å². The predicted octanol–water partition coefficient (Wildman–Crippen LogP) is 3.01. The van der Waals surface area contributed by atoms with Crippen LogP contribution in [0.3, 0.4) is 0 Å². The summed E-state index contributed by atoms with van der Waals surface area (Å²) >= 11 is 9.42. The van der Waals surface area contributed by atoms with E-state index in [1.165, 1.54) is 6.07 Å². The number of hydrogen-bond donors (Lipinski definition) is 1. The number of ether oxygens (including phenoxy) is 3. The molecule has 2 rings (SSSR count). The van der Waals surface area contributed by atoms with E-state index in [0.717, 1.165) is 0 Å². The van der Waals surface area contributed by atoms with Gasteiger partial charge in [0.1, 0.15) is 11.3 Å².